The minimum atomic E-state index is -4.46. The third-order valence-corrected chi connectivity index (χ3v) is 4.96. The zero-order valence-electron chi connectivity index (χ0n) is 10.8. The number of amides is 1. The molecule has 118 valence electrons. The molecular weight excluding hydrogens is 327 g/mol. The quantitative estimate of drug-likeness (QED) is 0.530. The van der Waals surface area contributed by atoms with Crippen LogP contribution >= 0.6 is 0 Å². The molecular formula is C10H13FN2O6S2. The van der Waals surface area contributed by atoms with Crippen LogP contribution in [0.4, 0.5) is 4.39 Å². The van der Waals surface area contributed by atoms with E-state index in [0.29, 0.717) is 12.1 Å². The van der Waals surface area contributed by atoms with E-state index in [-0.39, 0.29) is 4.90 Å². The van der Waals surface area contributed by atoms with Gasteiger partial charge in [-0.25, -0.2) is 25.9 Å². The number of halogens is 1. The van der Waals surface area contributed by atoms with Crippen molar-refractivity contribution in [2.24, 2.45) is 5.73 Å². The Morgan fingerprint density at radius 3 is 2.43 bits per heavy atom. The summed E-state index contributed by atoms with van der Waals surface area (Å²) >= 11 is 0. The number of hydrogen-bond acceptors (Lipinski definition) is 6. The number of sulfone groups is 1. The van der Waals surface area contributed by atoms with Crippen LogP contribution < -0.4 is 10.5 Å². The summed E-state index contributed by atoms with van der Waals surface area (Å²) in [7, 11) is -8.19. The Bertz CT molecular complexity index is 760. The lowest BCUT2D eigenvalue weighted by Gasteiger charge is -2.11. The number of aliphatic hydroxyl groups is 1. The topological polar surface area (TPSA) is 144 Å². The fourth-order valence-electron chi connectivity index (χ4n) is 1.29. The van der Waals surface area contributed by atoms with Crippen molar-refractivity contribution in [1.29, 1.82) is 0 Å². The van der Waals surface area contributed by atoms with Crippen LogP contribution in [0.3, 0.4) is 0 Å². The highest BCUT2D eigenvalue weighted by Gasteiger charge is 2.23. The number of carbonyl (C=O) groups excluding carboxylic acids is 1. The second kappa shape index (κ2) is 6.05. The lowest BCUT2D eigenvalue weighted by atomic mass is 10.3. The van der Waals surface area contributed by atoms with E-state index in [2.05, 4.69) is 0 Å². The Labute approximate surface area is 120 Å². The number of primary amides is 1. The number of nitrogens with two attached hydrogens (primary N) is 1. The minimum Gasteiger partial charge on any atom is -0.382 e. The second-order valence-corrected chi connectivity index (χ2v) is 7.89. The molecule has 0 heterocycles. The van der Waals surface area contributed by atoms with Gasteiger partial charge in [0, 0.05) is 12.8 Å². The van der Waals surface area contributed by atoms with Crippen LogP contribution in [0.25, 0.3) is 0 Å². The molecule has 0 radical (unpaired) electrons. The maximum absolute atomic E-state index is 13.6. The van der Waals surface area contributed by atoms with Gasteiger partial charge in [0.1, 0.15) is 16.8 Å². The van der Waals surface area contributed by atoms with Gasteiger partial charge in [-0.05, 0) is 18.2 Å². The molecule has 0 aliphatic rings. The van der Waals surface area contributed by atoms with E-state index < -0.39 is 49.1 Å². The van der Waals surface area contributed by atoms with Crippen molar-refractivity contribution in [3.63, 3.8) is 0 Å². The molecule has 0 spiro atoms. The van der Waals surface area contributed by atoms with Gasteiger partial charge in [-0.3, -0.25) is 4.79 Å². The van der Waals surface area contributed by atoms with Gasteiger partial charge in [0.2, 0.25) is 15.9 Å². The lowest BCUT2D eigenvalue weighted by Crippen LogP contribution is -2.40. The molecule has 8 nitrogen and oxygen atoms in total. The van der Waals surface area contributed by atoms with E-state index in [4.69, 9.17) is 10.8 Å². The molecule has 1 rings (SSSR count). The van der Waals surface area contributed by atoms with Crippen LogP contribution in [0.1, 0.15) is 0 Å². The van der Waals surface area contributed by atoms with Crippen molar-refractivity contribution < 1.29 is 31.1 Å². The first kappa shape index (κ1) is 17.5. The number of sulfonamides is 1. The summed E-state index contributed by atoms with van der Waals surface area (Å²) in [6, 6.07) is 2.25. The summed E-state index contributed by atoms with van der Waals surface area (Å²) in [5, 5.41) is 9.10. The van der Waals surface area contributed by atoms with Crippen molar-refractivity contribution in [2.75, 3.05) is 12.8 Å². The Hall–Kier alpha value is -1.56. The molecule has 21 heavy (non-hydrogen) atoms. The summed E-state index contributed by atoms with van der Waals surface area (Å²) in [5.74, 6) is -2.34. The molecule has 4 N–H and O–H groups in total. The molecule has 0 fully saturated rings. The molecule has 0 aliphatic carbocycles. The summed E-state index contributed by atoms with van der Waals surface area (Å²) in [5.41, 5.74) is 4.74. The Morgan fingerprint density at radius 2 is 1.95 bits per heavy atom. The Balaban J connectivity index is 3.17. The van der Waals surface area contributed by atoms with Gasteiger partial charge in [-0.15, -0.1) is 0 Å². The zero-order valence-corrected chi connectivity index (χ0v) is 12.4. The van der Waals surface area contributed by atoms with Gasteiger partial charge < -0.3 is 10.8 Å². The van der Waals surface area contributed by atoms with Crippen molar-refractivity contribution >= 4 is 25.8 Å². The standard InChI is InChI=1S/C10H13FN2O6S2/c1-20(16,17)6-2-3-7(11)9(4-6)21(18,19)13-5-8(14)10(12)15/h2-4,8,13-14H,5H2,1H3,(H2,12,15). The first-order chi connectivity index (χ1) is 9.45. The molecule has 1 aromatic carbocycles. The van der Waals surface area contributed by atoms with Gasteiger partial charge in [0.15, 0.2) is 9.84 Å². The molecule has 1 unspecified atom stereocenters. The highest BCUT2D eigenvalue weighted by molar-refractivity contribution is 7.91. The lowest BCUT2D eigenvalue weighted by molar-refractivity contribution is -0.125. The average Bonchev–Trinajstić information content (AvgIpc) is 2.34. The smallest absolute Gasteiger partial charge is 0.247 e. The summed E-state index contributed by atoms with van der Waals surface area (Å²) in [6.07, 6.45) is -0.957. The van der Waals surface area contributed by atoms with Gasteiger partial charge >= 0.3 is 0 Å². The van der Waals surface area contributed by atoms with Crippen molar-refractivity contribution in [1.82, 2.24) is 4.72 Å². The molecule has 1 atom stereocenters. The van der Waals surface area contributed by atoms with E-state index >= 15 is 0 Å². The largest absolute Gasteiger partial charge is 0.382 e. The molecule has 11 heteroatoms. The number of carbonyl (C=O) groups is 1. The van der Waals surface area contributed by atoms with E-state index in [1.807, 2.05) is 0 Å². The number of aliphatic hydroxyl groups excluding tert-OH is 1. The van der Waals surface area contributed by atoms with Gasteiger partial charge in [0.25, 0.3) is 0 Å². The van der Waals surface area contributed by atoms with Gasteiger partial charge in [0.05, 0.1) is 4.90 Å². The van der Waals surface area contributed by atoms with E-state index in [1.165, 1.54) is 0 Å². The van der Waals surface area contributed by atoms with Crippen molar-refractivity contribution in [3.8, 4) is 0 Å². The summed E-state index contributed by atoms with van der Waals surface area (Å²) in [6.45, 7) is -0.764. The maximum Gasteiger partial charge on any atom is 0.247 e. The van der Waals surface area contributed by atoms with Gasteiger partial charge in [-0.2, -0.15) is 0 Å². The van der Waals surface area contributed by atoms with Crippen molar-refractivity contribution in [2.45, 2.75) is 15.9 Å². The average molecular weight is 340 g/mol. The van der Waals surface area contributed by atoms with Crippen LogP contribution in [-0.4, -0.2) is 46.8 Å². The van der Waals surface area contributed by atoms with Crippen LogP contribution in [0.2, 0.25) is 0 Å². The first-order valence-corrected chi connectivity index (χ1v) is 8.79. The van der Waals surface area contributed by atoms with E-state index in [1.54, 1.807) is 4.72 Å². The SMILES string of the molecule is CS(=O)(=O)c1ccc(F)c(S(=O)(=O)NCC(O)C(N)=O)c1. The zero-order chi connectivity index (χ0) is 16.4. The van der Waals surface area contributed by atoms with Crippen LogP contribution in [0, 0.1) is 5.82 Å². The minimum absolute atomic E-state index is 0.389. The Morgan fingerprint density at radius 1 is 1.38 bits per heavy atom. The normalized spacial score (nSPS) is 13.9. The first-order valence-electron chi connectivity index (χ1n) is 5.42. The molecule has 0 aliphatic heterocycles. The fraction of sp³-hybridized carbons (Fsp3) is 0.300. The summed E-state index contributed by atoms with van der Waals surface area (Å²) in [4.78, 5) is 9.29. The highest BCUT2D eigenvalue weighted by atomic mass is 32.2. The number of nitrogens with one attached hydrogen (secondary N) is 1. The third-order valence-electron chi connectivity index (χ3n) is 2.42. The molecule has 0 bridgehead atoms. The van der Waals surface area contributed by atoms with E-state index in [9.17, 15) is 26.0 Å². The predicted octanol–water partition coefficient (Wildman–Crippen LogP) is -1.65. The third kappa shape index (κ3) is 4.46. The maximum atomic E-state index is 13.6. The predicted molar refractivity (Wildman–Crippen MR) is 69.9 cm³/mol. The van der Waals surface area contributed by atoms with Crippen LogP contribution in [-0.2, 0) is 24.7 Å². The Kier molecular flexibility index (Phi) is 5.04. The number of rotatable bonds is 6. The molecule has 0 saturated heterocycles. The van der Waals surface area contributed by atoms with Crippen molar-refractivity contribution in [3.05, 3.63) is 24.0 Å². The number of hydrogen-bond donors (Lipinski definition) is 3. The highest BCUT2D eigenvalue weighted by Crippen LogP contribution is 2.19. The number of benzene rings is 1. The second-order valence-electron chi connectivity index (χ2n) is 4.13. The molecule has 1 amide bonds. The monoisotopic (exact) mass is 340 g/mol. The van der Waals surface area contributed by atoms with Gasteiger partial charge in [-0.1, -0.05) is 0 Å². The molecule has 0 aromatic heterocycles. The fourth-order valence-corrected chi connectivity index (χ4v) is 3.15. The van der Waals surface area contributed by atoms with Crippen LogP contribution in [0.15, 0.2) is 28.0 Å². The van der Waals surface area contributed by atoms with E-state index in [0.717, 1.165) is 12.3 Å². The molecule has 1 aromatic rings. The molecule has 0 saturated carbocycles. The van der Waals surface area contributed by atoms with Crippen LogP contribution in [0.5, 0.6) is 0 Å². The summed E-state index contributed by atoms with van der Waals surface area (Å²) < 4.78 is 61.7.